The van der Waals surface area contributed by atoms with Crippen LogP contribution in [0.4, 0.5) is 0 Å². The van der Waals surface area contributed by atoms with Gasteiger partial charge in [-0.1, -0.05) is 0 Å². The molecule has 0 radical (unpaired) electrons. The molecule has 2 aromatic rings. The van der Waals surface area contributed by atoms with Gasteiger partial charge in [-0.05, 0) is 62.7 Å². The minimum absolute atomic E-state index is 0. The number of hydrogen-bond acceptors (Lipinski definition) is 3. The molecule has 1 aromatic heterocycles. The Morgan fingerprint density at radius 1 is 1.19 bits per heavy atom. The number of likely N-dealkylation sites (N-methyl/N-ethyl adjacent to an activating group) is 1. The third-order valence-corrected chi connectivity index (χ3v) is 4.20. The molecular formula is C17H22ClNO2. The molecule has 21 heavy (non-hydrogen) atoms. The van der Waals surface area contributed by atoms with Crippen molar-refractivity contribution in [3.05, 3.63) is 52.5 Å². The third kappa shape index (κ3) is 3.09. The van der Waals surface area contributed by atoms with Gasteiger partial charge in [0.2, 0.25) is 0 Å². The molecule has 1 aliphatic heterocycles. The van der Waals surface area contributed by atoms with Crippen LogP contribution in [0.1, 0.15) is 34.1 Å². The quantitative estimate of drug-likeness (QED) is 0.832. The average Bonchev–Trinajstić information content (AvgIpc) is 2.84. The van der Waals surface area contributed by atoms with Gasteiger partial charge in [0, 0.05) is 12.1 Å². The Morgan fingerprint density at radius 2 is 1.86 bits per heavy atom. The van der Waals surface area contributed by atoms with E-state index in [1.807, 2.05) is 6.07 Å². The van der Waals surface area contributed by atoms with Gasteiger partial charge in [0.05, 0.1) is 12.8 Å². The molecule has 3 nitrogen and oxygen atoms in total. The van der Waals surface area contributed by atoms with Crippen molar-refractivity contribution in [2.24, 2.45) is 0 Å². The minimum atomic E-state index is 0. The first-order valence-corrected chi connectivity index (χ1v) is 7.04. The van der Waals surface area contributed by atoms with Gasteiger partial charge in [-0.2, -0.15) is 0 Å². The molecule has 0 saturated carbocycles. The van der Waals surface area contributed by atoms with E-state index in [9.17, 15) is 0 Å². The Labute approximate surface area is 132 Å². The van der Waals surface area contributed by atoms with E-state index >= 15 is 0 Å². The topological polar surface area (TPSA) is 25.6 Å². The first-order chi connectivity index (χ1) is 9.54. The number of aryl methyl sites for hydroxylation is 2. The molecule has 0 spiro atoms. The van der Waals surface area contributed by atoms with Crippen LogP contribution in [-0.2, 0) is 6.54 Å². The van der Waals surface area contributed by atoms with Crippen molar-refractivity contribution < 1.29 is 9.15 Å². The lowest BCUT2D eigenvalue weighted by atomic mass is 10.0. The van der Waals surface area contributed by atoms with Crippen molar-refractivity contribution in [2.45, 2.75) is 33.4 Å². The number of benzene rings is 1. The summed E-state index contributed by atoms with van der Waals surface area (Å²) in [6.07, 6.45) is 1.80. The van der Waals surface area contributed by atoms with Gasteiger partial charge in [-0.3, -0.25) is 4.90 Å². The minimum Gasteiger partial charge on any atom is -0.484 e. The van der Waals surface area contributed by atoms with Gasteiger partial charge < -0.3 is 9.15 Å². The van der Waals surface area contributed by atoms with Crippen LogP contribution in [0.3, 0.4) is 0 Å². The fourth-order valence-electron chi connectivity index (χ4n) is 2.79. The van der Waals surface area contributed by atoms with Crippen LogP contribution in [0.15, 0.2) is 28.9 Å². The molecular weight excluding hydrogens is 286 g/mol. The highest BCUT2D eigenvalue weighted by molar-refractivity contribution is 5.85. The van der Waals surface area contributed by atoms with E-state index in [-0.39, 0.29) is 18.5 Å². The number of fused-ring (bicyclic) bond motifs is 1. The SMILES string of the molecule is Cc1cc(OC2CN(C)Cc3occc32)cc(C)c1C.Cl. The molecule has 0 saturated heterocycles. The van der Waals surface area contributed by atoms with E-state index in [0.29, 0.717) is 0 Å². The Morgan fingerprint density at radius 3 is 2.52 bits per heavy atom. The maximum atomic E-state index is 6.23. The summed E-state index contributed by atoms with van der Waals surface area (Å²) in [5.74, 6) is 1.96. The average molecular weight is 308 g/mol. The summed E-state index contributed by atoms with van der Waals surface area (Å²) in [5.41, 5.74) is 5.06. The Hall–Kier alpha value is -1.45. The molecule has 1 unspecified atom stereocenters. The number of ether oxygens (including phenoxy) is 1. The van der Waals surface area contributed by atoms with Crippen LogP contribution >= 0.6 is 12.4 Å². The smallest absolute Gasteiger partial charge is 0.140 e. The Kier molecular flexibility index (Phi) is 4.64. The summed E-state index contributed by atoms with van der Waals surface area (Å²) in [7, 11) is 2.09. The van der Waals surface area contributed by atoms with Gasteiger partial charge in [0.25, 0.3) is 0 Å². The van der Waals surface area contributed by atoms with Crippen LogP contribution < -0.4 is 4.74 Å². The van der Waals surface area contributed by atoms with Crippen LogP contribution in [0, 0.1) is 20.8 Å². The zero-order valence-corrected chi connectivity index (χ0v) is 13.8. The van der Waals surface area contributed by atoms with Crippen molar-refractivity contribution in [2.75, 3.05) is 13.6 Å². The fourth-order valence-corrected chi connectivity index (χ4v) is 2.79. The van der Waals surface area contributed by atoms with Crippen molar-refractivity contribution in [1.29, 1.82) is 0 Å². The molecule has 4 heteroatoms. The van der Waals surface area contributed by atoms with Crippen molar-refractivity contribution >= 4 is 12.4 Å². The normalized spacial score (nSPS) is 18.0. The van der Waals surface area contributed by atoms with Crippen LogP contribution in [0.5, 0.6) is 5.75 Å². The van der Waals surface area contributed by atoms with E-state index < -0.39 is 0 Å². The third-order valence-electron chi connectivity index (χ3n) is 4.20. The van der Waals surface area contributed by atoms with Crippen molar-refractivity contribution in [3.8, 4) is 5.75 Å². The van der Waals surface area contributed by atoms with Crippen LogP contribution in [0.2, 0.25) is 0 Å². The monoisotopic (exact) mass is 307 g/mol. The molecule has 1 aromatic carbocycles. The zero-order chi connectivity index (χ0) is 14.3. The molecule has 2 heterocycles. The summed E-state index contributed by atoms with van der Waals surface area (Å²) < 4.78 is 11.8. The maximum Gasteiger partial charge on any atom is 0.140 e. The van der Waals surface area contributed by atoms with Gasteiger partial charge in [-0.25, -0.2) is 0 Å². The Balaban J connectivity index is 0.00000161. The molecule has 0 N–H and O–H groups in total. The summed E-state index contributed by atoms with van der Waals surface area (Å²) in [5, 5.41) is 0. The van der Waals surface area contributed by atoms with Gasteiger partial charge in [0.1, 0.15) is 17.6 Å². The summed E-state index contributed by atoms with van der Waals surface area (Å²) in [6.45, 7) is 8.15. The highest BCUT2D eigenvalue weighted by Crippen LogP contribution is 2.32. The lowest BCUT2D eigenvalue weighted by Crippen LogP contribution is -2.32. The first kappa shape index (κ1) is 15.9. The fraction of sp³-hybridized carbons (Fsp3) is 0.412. The molecule has 0 aliphatic carbocycles. The van der Waals surface area contributed by atoms with Gasteiger partial charge in [-0.15, -0.1) is 12.4 Å². The predicted molar refractivity (Wildman–Crippen MR) is 86.3 cm³/mol. The highest BCUT2D eigenvalue weighted by Gasteiger charge is 2.27. The number of furan rings is 1. The molecule has 3 rings (SSSR count). The summed E-state index contributed by atoms with van der Waals surface area (Å²) in [4.78, 5) is 2.23. The standard InChI is InChI=1S/C17H21NO2.ClH/c1-11-7-14(8-12(2)13(11)3)20-17-10-18(4)9-16-15(17)5-6-19-16;/h5-8,17H,9-10H2,1-4H3;1H. The number of halogens is 1. The summed E-state index contributed by atoms with van der Waals surface area (Å²) >= 11 is 0. The lowest BCUT2D eigenvalue weighted by Gasteiger charge is -2.29. The largest absolute Gasteiger partial charge is 0.484 e. The molecule has 1 atom stereocenters. The van der Waals surface area contributed by atoms with Gasteiger partial charge >= 0.3 is 0 Å². The lowest BCUT2D eigenvalue weighted by molar-refractivity contribution is 0.120. The van der Waals surface area contributed by atoms with E-state index in [1.54, 1.807) is 6.26 Å². The Bertz CT molecular complexity index is 612. The summed E-state index contributed by atoms with van der Waals surface area (Å²) in [6, 6.07) is 6.27. The van der Waals surface area contributed by atoms with Gasteiger partial charge in [0.15, 0.2) is 0 Å². The molecule has 1 aliphatic rings. The second-order valence-electron chi connectivity index (χ2n) is 5.78. The van der Waals surface area contributed by atoms with Crippen molar-refractivity contribution in [1.82, 2.24) is 4.90 Å². The highest BCUT2D eigenvalue weighted by atomic mass is 35.5. The maximum absolute atomic E-state index is 6.23. The van der Waals surface area contributed by atoms with Crippen LogP contribution in [-0.4, -0.2) is 18.5 Å². The second kappa shape index (κ2) is 6.12. The molecule has 0 amide bonds. The van der Waals surface area contributed by atoms with E-state index in [4.69, 9.17) is 9.15 Å². The molecule has 114 valence electrons. The predicted octanol–water partition coefficient (Wildman–Crippen LogP) is 4.19. The molecule has 0 fully saturated rings. The van der Waals surface area contributed by atoms with E-state index in [2.05, 4.69) is 44.9 Å². The van der Waals surface area contributed by atoms with E-state index in [0.717, 1.165) is 24.6 Å². The molecule has 0 bridgehead atoms. The van der Waals surface area contributed by atoms with E-state index in [1.165, 1.54) is 22.3 Å². The second-order valence-corrected chi connectivity index (χ2v) is 5.78. The first-order valence-electron chi connectivity index (χ1n) is 7.04. The number of nitrogens with zero attached hydrogens (tertiary/aromatic N) is 1. The zero-order valence-electron chi connectivity index (χ0n) is 13.0. The number of hydrogen-bond donors (Lipinski definition) is 0. The van der Waals surface area contributed by atoms with Crippen LogP contribution in [0.25, 0.3) is 0 Å². The number of rotatable bonds is 2. The van der Waals surface area contributed by atoms with Crippen molar-refractivity contribution in [3.63, 3.8) is 0 Å².